The lowest BCUT2D eigenvalue weighted by Gasteiger charge is -2.36. The van der Waals surface area contributed by atoms with Gasteiger partial charge in [0, 0.05) is 16.1 Å². The molecular formula is C21H27Cl2NO3. The van der Waals surface area contributed by atoms with E-state index in [1.54, 1.807) is 30.0 Å². The maximum atomic E-state index is 13.3. The van der Waals surface area contributed by atoms with Crippen LogP contribution in [0.4, 0.5) is 0 Å². The number of esters is 1. The highest BCUT2D eigenvalue weighted by atomic mass is 35.5. The molecule has 0 aromatic heterocycles. The van der Waals surface area contributed by atoms with Gasteiger partial charge in [0.25, 0.3) is 0 Å². The molecule has 1 aliphatic carbocycles. The van der Waals surface area contributed by atoms with Crippen LogP contribution < -0.4 is 0 Å². The van der Waals surface area contributed by atoms with Crippen LogP contribution in [-0.2, 0) is 20.7 Å². The zero-order valence-corrected chi connectivity index (χ0v) is 17.3. The zero-order valence-electron chi connectivity index (χ0n) is 15.8. The second-order valence-electron chi connectivity index (χ2n) is 7.49. The second-order valence-corrected chi connectivity index (χ2v) is 8.30. The van der Waals surface area contributed by atoms with Gasteiger partial charge in [0.2, 0.25) is 5.91 Å². The third-order valence-corrected chi connectivity index (χ3v) is 6.57. The van der Waals surface area contributed by atoms with Gasteiger partial charge in [-0.3, -0.25) is 4.79 Å². The summed E-state index contributed by atoms with van der Waals surface area (Å²) in [5.74, 6) is 0.0781. The van der Waals surface area contributed by atoms with Gasteiger partial charge in [-0.05, 0) is 56.2 Å². The van der Waals surface area contributed by atoms with Gasteiger partial charge in [-0.1, -0.05) is 48.5 Å². The van der Waals surface area contributed by atoms with E-state index in [0.717, 1.165) is 19.3 Å². The topological polar surface area (TPSA) is 46.6 Å². The summed E-state index contributed by atoms with van der Waals surface area (Å²) in [6.45, 7) is 2.11. The predicted octanol–water partition coefficient (Wildman–Crippen LogP) is 5.04. The van der Waals surface area contributed by atoms with Crippen molar-refractivity contribution in [2.75, 3.05) is 6.61 Å². The van der Waals surface area contributed by atoms with E-state index in [9.17, 15) is 9.59 Å². The van der Waals surface area contributed by atoms with Gasteiger partial charge in [-0.15, -0.1) is 0 Å². The number of carbonyl (C=O) groups is 2. The molecule has 1 saturated carbocycles. The molecule has 3 rings (SSSR count). The molecule has 27 heavy (non-hydrogen) atoms. The molecule has 1 amide bonds. The van der Waals surface area contributed by atoms with Crippen molar-refractivity contribution in [3.05, 3.63) is 33.8 Å². The lowest BCUT2D eigenvalue weighted by Crippen LogP contribution is -2.49. The average molecular weight is 412 g/mol. The summed E-state index contributed by atoms with van der Waals surface area (Å²) in [4.78, 5) is 27.6. The monoisotopic (exact) mass is 411 g/mol. The first-order chi connectivity index (χ1) is 13.0. The van der Waals surface area contributed by atoms with E-state index in [1.165, 1.54) is 19.3 Å². The first-order valence-electron chi connectivity index (χ1n) is 9.93. The van der Waals surface area contributed by atoms with Crippen LogP contribution in [0.5, 0.6) is 0 Å². The molecule has 1 saturated heterocycles. The number of hydrogen-bond donors (Lipinski definition) is 0. The fraction of sp³-hybridized carbons (Fsp3) is 0.619. The van der Waals surface area contributed by atoms with Gasteiger partial charge in [-0.2, -0.15) is 0 Å². The van der Waals surface area contributed by atoms with Gasteiger partial charge >= 0.3 is 5.97 Å². The Balaban J connectivity index is 1.84. The molecule has 6 heteroatoms. The third-order valence-electron chi connectivity index (χ3n) is 5.86. The highest BCUT2D eigenvalue weighted by Crippen LogP contribution is 2.38. The number of benzene rings is 1. The Bertz CT molecular complexity index is 668. The van der Waals surface area contributed by atoms with Crippen molar-refractivity contribution in [2.24, 2.45) is 5.92 Å². The van der Waals surface area contributed by atoms with Crippen molar-refractivity contribution in [1.82, 2.24) is 4.90 Å². The Morgan fingerprint density at radius 3 is 2.37 bits per heavy atom. The first kappa shape index (κ1) is 20.5. The number of rotatable bonds is 5. The van der Waals surface area contributed by atoms with E-state index >= 15 is 0 Å². The number of ether oxygens (including phenoxy) is 1. The molecule has 2 aliphatic rings. The summed E-state index contributed by atoms with van der Waals surface area (Å²) in [6.07, 6.45) is 7.53. The largest absolute Gasteiger partial charge is 0.464 e. The molecule has 1 heterocycles. The van der Waals surface area contributed by atoms with Crippen LogP contribution in [0.1, 0.15) is 57.4 Å². The summed E-state index contributed by atoms with van der Waals surface area (Å²) in [5, 5.41) is 0.967. The lowest BCUT2D eigenvalue weighted by atomic mass is 9.83. The van der Waals surface area contributed by atoms with Crippen molar-refractivity contribution >= 4 is 35.1 Å². The Labute approximate surface area is 171 Å². The number of likely N-dealkylation sites (tertiary alicyclic amines) is 1. The number of hydrogen-bond acceptors (Lipinski definition) is 3. The van der Waals surface area contributed by atoms with Crippen LogP contribution >= 0.6 is 23.2 Å². The normalized spacial score (nSPS) is 23.4. The Morgan fingerprint density at radius 2 is 1.74 bits per heavy atom. The van der Waals surface area contributed by atoms with E-state index in [0.29, 0.717) is 34.6 Å². The van der Waals surface area contributed by atoms with Crippen molar-refractivity contribution in [3.63, 3.8) is 0 Å². The molecular weight excluding hydrogens is 385 g/mol. The summed E-state index contributed by atoms with van der Waals surface area (Å²) in [7, 11) is 0. The van der Waals surface area contributed by atoms with E-state index in [-0.39, 0.29) is 24.3 Å². The molecule has 0 radical (unpaired) electrons. The molecule has 148 valence electrons. The quantitative estimate of drug-likeness (QED) is 0.637. The van der Waals surface area contributed by atoms with Crippen molar-refractivity contribution in [3.8, 4) is 0 Å². The molecule has 4 nitrogen and oxygen atoms in total. The molecule has 0 spiro atoms. The Hall–Kier alpha value is -1.26. The molecule has 2 unspecified atom stereocenters. The predicted molar refractivity (Wildman–Crippen MR) is 107 cm³/mol. The van der Waals surface area contributed by atoms with Crippen LogP contribution in [0, 0.1) is 5.92 Å². The van der Waals surface area contributed by atoms with Crippen LogP contribution in [0.15, 0.2) is 18.2 Å². The van der Waals surface area contributed by atoms with Gasteiger partial charge in [0.15, 0.2) is 0 Å². The highest BCUT2D eigenvalue weighted by Gasteiger charge is 2.44. The van der Waals surface area contributed by atoms with Crippen LogP contribution in [-0.4, -0.2) is 35.5 Å². The first-order valence-corrected chi connectivity index (χ1v) is 10.7. The standard InChI is InChI=1S/C21H27Cl2NO3/c1-2-27-21(26)19-12-11-18(14-7-4-3-5-8-14)24(19)20(25)13-15-16(22)9-6-10-17(15)23/h6,9-10,14,18-19H,2-5,7-8,11-13H2,1H3. The van der Waals surface area contributed by atoms with Gasteiger partial charge in [0.05, 0.1) is 13.0 Å². The van der Waals surface area contributed by atoms with Gasteiger partial charge < -0.3 is 9.64 Å². The van der Waals surface area contributed by atoms with E-state index in [4.69, 9.17) is 27.9 Å². The summed E-state index contributed by atoms with van der Waals surface area (Å²) >= 11 is 12.5. The molecule has 2 fully saturated rings. The Morgan fingerprint density at radius 1 is 1.07 bits per heavy atom. The minimum atomic E-state index is -0.495. The SMILES string of the molecule is CCOC(=O)C1CCC(C2CCCCC2)N1C(=O)Cc1c(Cl)cccc1Cl. The minimum absolute atomic E-state index is 0.0869. The van der Waals surface area contributed by atoms with Gasteiger partial charge in [-0.25, -0.2) is 4.79 Å². The molecule has 2 atom stereocenters. The van der Waals surface area contributed by atoms with Crippen molar-refractivity contribution in [1.29, 1.82) is 0 Å². The third kappa shape index (κ3) is 4.60. The van der Waals surface area contributed by atoms with Crippen LogP contribution in [0.3, 0.4) is 0 Å². The zero-order chi connectivity index (χ0) is 19.4. The molecule has 1 aliphatic heterocycles. The van der Waals surface area contributed by atoms with E-state index < -0.39 is 6.04 Å². The summed E-state index contributed by atoms with van der Waals surface area (Å²) in [6, 6.07) is 4.85. The highest BCUT2D eigenvalue weighted by molar-refractivity contribution is 6.36. The van der Waals surface area contributed by atoms with Crippen LogP contribution in [0.2, 0.25) is 10.0 Å². The van der Waals surface area contributed by atoms with Crippen molar-refractivity contribution < 1.29 is 14.3 Å². The average Bonchev–Trinajstić information content (AvgIpc) is 3.11. The van der Waals surface area contributed by atoms with Crippen LogP contribution in [0.25, 0.3) is 0 Å². The Kier molecular flexibility index (Phi) is 7.04. The maximum absolute atomic E-state index is 13.3. The molecule has 1 aromatic rings. The molecule has 0 N–H and O–H groups in total. The number of nitrogens with zero attached hydrogens (tertiary/aromatic N) is 1. The van der Waals surface area contributed by atoms with Crippen molar-refractivity contribution in [2.45, 2.75) is 70.4 Å². The summed E-state index contributed by atoms with van der Waals surface area (Å²) < 4.78 is 5.25. The minimum Gasteiger partial charge on any atom is -0.464 e. The summed E-state index contributed by atoms with van der Waals surface area (Å²) in [5.41, 5.74) is 0.628. The van der Waals surface area contributed by atoms with E-state index in [1.807, 2.05) is 0 Å². The van der Waals surface area contributed by atoms with E-state index in [2.05, 4.69) is 0 Å². The molecule has 1 aromatic carbocycles. The fourth-order valence-corrected chi connectivity index (χ4v) is 5.12. The molecule has 0 bridgehead atoms. The second kappa shape index (κ2) is 9.29. The maximum Gasteiger partial charge on any atom is 0.328 e. The van der Waals surface area contributed by atoms with Gasteiger partial charge in [0.1, 0.15) is 6.04 Å². The number of carbonyl (C=O) groups excluding carboxylic acids is 2. The number of amides is 1. The smallest absolute Gasteiger partial charge is 0.328 e. The number of halogens is 2. The fourth-order valence-electron chi connectivity index (χ4n) is 4.59. The lowest BCUT2D eigenvalue weighted by molar-refractivity contribution is -0.154.